The fraction of sp³-hybridized carbons (Fsp3) is 0.417. The Labute approximate surface area is 188 Å². The molecule has 7 heteroatoms. The first-order chi connectivity index (χ1) is 14.9. The van der Waals surface area contributed by atoms with Gasteiger partial charge in [0.05, 0.1) is 29.9 Å². The molecule has 31 heavy (non-hydrogen) atoms. The minimum atomic E-state index is -0.189. The van der Waals surface area contributed by atoms with E-state index in [1.165, 1.54) is 11.1 Å². The van der Waals surface area contributed by atoms with Crippen molar-refractivity contribution in [2.75, 3.05) is 34.8 Å². The van der Waals surface area contributed by atoms with Crippen LogP contribution in [0.4, 0.5) is 16.0 Å². The normalized spacial score (nSPS) is 17.0. The molecule has 1 aromatic heterocycles. The van der Waals surface area contributed by atoms with Crippen molar-refractivity contribution in [1.82, 2.24) is 15.3 Å². The summed E-state index contributed by atoms with van der Waals surface area (Å²) in [6.45, 7) is 12.6. The van der Waals surface area contributed by atoms with Gasteiger partial charge < -0.3 is 15.5 Å². The molecule has 2 aliphatic rings. The molecule has 2 aromatic rings. The molecule has 1 aliphatic heterocycles. The van der Waals surface area contributed by atoms with E-state index in [1.807, 2.05) is 17.8 Å². The Hall–Kier alpha value is -2.54. The van der Waals surface area contributed by atoms with Gasteiger partial charge in [0.1, 0.15) is 5.82 Å². The standard InChI is InChI=1S/C24H30FN5S/c1-15(2)23(22-11-18-5-6-19(25)12-21(18)16(22)3)29-17(4)28-20-13-26-24(27-14-20)30-7-9-31-10-8-30/h5-6,12-15,23,28-29H,4,7-11H2,1-3H3. The topological polar surface area (TPSA) is 53.1 Å². The third kappa shape index (κ3) is 4.87. The summed E-state index contributed by atoms with van der Waals surface area (Å²) in [5, 5.41) is 6.83. The van der Waals surface area contributed by atoms with Crippen LogP contribution >= 0.6 is 11.8 Å². The van der Waals surface area contributed by atoms with Crippen LogP contribution in [0, 0.1) is 11.7 Å². The Bertz CT molecular complexity index is 980. The number of nitrogens with one attached hydrogen (secondary N) is 2. The van der Waals surface area contributed by atoms with E-state index in [4.69, 9.17) is 0 Å². The van der Waals surface area contributed by atoms with E-state index in [1.54, 1.807) is 24.5 Å². The van der Waals surface area contributed by atoms with E-state index >= 15 is 0 Å². The monoisotopic (exact) mass is 439 g/mol. The average molecular weight is 440 g/mol. The second-order valence-corrected chi connectivity index (χ2v) is 9.69. The molecule has 1 unspecified atom stereocenters. The summed E-state index contributed by atoms with van der Waals surface area (Å²) in [7, 11) is 0. The smallest absolute Gasteiger partial charge is 0.225 e. The van der Waals surface area contributed by atoms with Crippen LogP contribution in [0.5, 0.6) is 0 Å². The van der Waals surface area contributed by atoms with Crippen molar-refractivity contribution in [3.8, 4) is 0 Å². The van der Waals surface area contributed by atoms with Gasteiger partial charge in [0.25, 0.3) is 0 Å². The van der Waals surface area contributed by atoms with Crippen molar-refractivity contribution in [2.24, 2.45) is 5.92 Å². The van der Waals surface area contributed by atoms with Crippen LogP contribution in [0.1, 0.15) is 31.9 Å². The Morgan fingerprint density at radius 3 is 2.58 bits per heavy atom. The number of anilines is 2. The number of rotatable bonds is 7. The van der Waals surface area contributed by atoms with Crippen molar-refractivity contribution in [2.45, 2.75) is 33.2 Å². The molecule has 1 aliphatic carbocycles. The highest BCUT2D eigenvalue weighted by Gasteiger charge is 2.27. The van der Waals surface area contributed by atoms with Crippen LogP contribution in [-0.4, -0.2) is 40.6 Å². The minimum absolute atomic E-state index is 0.0986. The van der Waals surface area contributed by atoms with Crippen molar-refractivity contribution in [3.63, 3.8) is 0 Å². The third-order valence-electron chi connectivity index (χ3n) is 5.94. The minimum Gasteiger partial charge on any atom is -0.365 e. The van der Waals surface area contributed by atoms with E-state index < -0.39 is 0 Å². The van der Waals surface area contributed by atoms with E-state index in [9.17, 15) is 4.39 Å². The highest BCUT2D eigenvalue weighted by Crippen LogP contribution is 2.36. The summed E-state index contributed by atoms with van der Waals surface area (Å²) in [5.74, 6) is 3.87. The Morgan fingerprint density at radius 2 is 1.90 bits per heavy atom. The molecule has 0 saturated carbocycles. The maximum atomic E-state index is 13.7. The van der Waals surface area contributed by atoms with Gasteiger partial charge in [-0.05, 0) is 53.7 Å². The molecule has 2 heterocycles. The van der Waals surface area contributed by atoms with Gasteiger partial charge in [-0.3, -0.25) is 0 Å². The summed E-state index contributed by atoms with van der Waals surface area (Å²) in [4.78, 5) is 11.3. The number of halogens is 1. The highest BCUT2D eigenvalue weighted by molar-refractivity contribution is 7.99. The lowest BCUT2D eigenvalue weighted by Gasteiger charge is -2.28. The quantitative estimate of drug-likeness (QED) is 0.652. The SMILES string of the molecule is C=C(Nc1cnc(N2CCSCC2)nc1)NC(C1=C(C)c2cc(F)ccc2C1)C(C)C. The van der Waals surface area contributed by atoms with Gasteiger partial charge in [0, 0.05) is 24.6 Å². The molecule has 1 fully saturated rings. The average Bonchev–Trinajstić information content (AvgIpc) is 3.08. The zero-order chi connectivity index (χ0) is 22.0. The molecule has 1 aromatic carbocycles. The number of hydrogen-bond donors (Lipinski definition) is 2. The molecular formula is C24H30FN5S. The van der Waals surface area contributed by atoms with Gasteiger partial charge in [-0.25, -0.2) is 14.4 Å². The molecule has 0 amide bonds. The van der Waals surface area contributed by atoms with Crippen LogP contribution in [0.15, 0.2) is 48.6 Å². The van der Waals surface area contributed by atoms with Crippen molar-refractivity contribution < 1.29 is 4.39 Å². The van der Waals surface area contributed by atoms with Crippen LogP contribution < -0.4 is 15.5 Å². The lowest BCUT2D eigenvalue weighted by Crippen LogP contribution is -2.37. The first-order valence-electron chi connectivity index (χ1n) is 10.8. The highest BCUT2D eigenvalue weighted by atomic mass is 32.2. The van der Waals surface area contributed by atoms with E-state index in [-0.39, 0.29) is 11.9 Å². The zero-order valence-corrected chi connectivity index (χ0v) is 19.2. The molecule has 4 rings (SSSR count). The van der Waals surface area contributed by atoms with Crippen LogP contribution in [0.2, 0.25) is 0 Å². The van der Waals surface area contributed by atoms with Gasteiger partial charge in [-0.2, -0.15) is 11.8 Å². The number of allylic oxidation sites excluding steroid dienone is 1. The summed E-state index contributed by atoms with van der Waals surface area (Å²) in [6.07, 6.45) is 4.44. The van der Waals surface area contributed by atoms with Gasteiger partial charge in [-0.15, -0.1) is 0 Å². The van der Waals surface area contributed by atoms with E-state index in [2.05, 4.69) is 52.9 Å². The largest absolute Gasteiger partial charge is 0.365 e. The van der Waals surface area contributed by atoms with Crippen molar-refractivity contribution in [3.05, 3.63) is 65.5 Å². The second kappa shape index (κ2) is 9.30. The van der Waals surface area contributed by atoms with Gasteiger partial charge in [0.15, 0.2) is 0 Å². The second-order valence-electron chi connectivity index (χ2n) is 8.47. The Balaban J connectivity index is 1.43. The number of fused-ring (bicyclic) bond motifs is 1. The third-order valence-corrected chi connectivity index (χ3v) is 6.88. The molecule has 2 N–H and O–H groups in total. The molecule has 1 saturated heterocycles. The molecule has 5 nitrogen and oxygen atoms in total. The predicted molar refractivity (Wildman–Crippen MR) is 129 cm³/mol. The predicted octanol–water partition coefficient (Wildman–Crippen LogP) is 4.70. The van der Waals surface area contributed by atoms with E-state index in [0.717, 1.165) is 53.8 Å². The fourth-order valence-electron chi connectivity index (χ4n) is 4.27. The summed E-state index contributed by atoms with van der Waals surface area (Å²) in [5.41, 5.74) is 5.44. The molecule has 0 radical (unpaired) electrons. The van der Waals surface area contributed by atoms with E-state index in [0.29, 0.717) is 11.7 Å². The Morgan fingerprint density at radius 1 is 1.19 bits per heavy atom. The lowest BCUT2D eigenvalue weighted by atomic mass is 9.92. The van der Waals surface area contributed by atoms with Crippen LogP contribution in [0.3, 0.4) is 0 Å². The number of benzene rings is 1. The molecule has 0 bridgehead atoms. The first kappa shape index (κ1) is 21.7. The van der Waals surface area contributed by atoms with Crippen LogP contribution in [0.25, 0.3) is 5.57 Å². The summed E-state index contributed by atoms with van der Waals surface area (Å²) >= 11 is 1.97. The van der Waals surface area contributed by atoms with Gasteiger partial charge in [0.2, 0.25) is 5.95 Å². The number of nitrogens with zero attached hydrogens (tertiary/aromatic N) is 3. The molecule has 0 spiro atoms. The van der Waals surface area contributed by atoms with Crippen molar-refractivity contribution in [1.29, 1.82) is 0 Å². The first-order valence-corrected chi connectivity index (χ1v) is 11.9. The van der Waals surface area contributed by atoms with Gasteiger partial charge in [-0.1, -0.05) is 26.5 Å². The molecular weight excluding hydrogens is 409 g/mol. The number of hydrogen-bond acceptors (Lipinski definition) is 6. The van der Waals surface area contributed by atoms with Gasteiger partial charge >= 0.3 is 0 Å². The van der Waals surface area contributed by atoms with Crippen LogP contribution in [-0.2, 0) is 6.42 Å². The van der Waals surface area contributed by atoms with Crippen molar-refractivity contribution >= 4 is 29.0 Å². The lowest BCUT2D eigenvalue weighted by molar-refractivity contribution is 0.479. The molecule has 1 atom stereocenters. The molecule has 164 valence electrons. The maximum Gasteiger partial charge on any atom is 0.225 e. The maximum absolute atomic E-state index is 13.7. The fourth-order valence-corrected chi connectivity index (χ4v) is 5.18. The number of aromatic nitrogens is 2. The summed E-state index contributed by atoms with van der Waals surface area (Å²) in [6, 6.07) is 5.18. The Kier molecular flexibility index (Phi) is 6.51. The summed E-state index contributed by atoms with van der Waals surface area (Å²) < 4.78 is 13.7. The number of thioether (sulfide) groups is 1. The zero-order valence-electron chi connectivity index (χ0n) is 18.4.